The van der Waals surface area contributed by atoms with E-state index in [1.807, 2.05) is 12.1 Å². The molecule has 0 atom stereocenters. The van der Waals surface area contributed by atoms with Crippen molar-refractivity contribution in [2.24, 2.45) is 5.92 Å². The molecule has 1 aromatic rings. The average molecular weight is 399 g/mol. The van der Waals surface area contributed by atoms with Crippen LogP contribution in [0.3, 0.4) is 0 Å². The van der Waals surface area contributed by atoms with E-state index in [4.69, 9.17) is 0 Å². The Morgan fingerprint density at radius 1 is 1.08 bits per heavy atom. The summed E-state index contributed by atoms with van der Waals surface area (Å²) in [4.78, 5) is 0. The third-order valence-electron chi connectivity index (χ3n) is 1.27. The summed E-state index contributed by atoms with van der Waals surface area (Å²) in [7, 11) is 0. The number of hydrogen-bond acceptors (Lipinski definition) is 0. The van der Waals surface area contributed by atoms with Gasteiger partial charge < -0.3 is 0 Å². The molecule has 0 amide bonds. The Balaban J connectivity index is -0.000000333. The van der Waals surface area contributed by atoms with E-state index in [1.54, 1.807) is 0 Å². The Bertz CT molecular complexity index is 185. The van der Waals surface area contributed by atoms with Crippen LogP contribution in [0.5, 0.6) is 0 Å². The van der Waals surface area contributed by atoms with Crippen LogP contribution >= 0.6 is 0 Å². The van der Waals surface area contributed by atoms with Crippen LogP contribution in [0.2, 0.25) is 0 Å². The molecule has 0 heterocycles. The number of benzene rings is 1. The zero-order chi connectivity index (χ0) is 7.40. The van der Waals surface area contributed by atoms with Gasteiger partial charge in [0.2, 0.25) is 0 Å². The van der Waals surface area contributed by atoms with Gasteiger partial charge in [0, 0.05) is 98.1 Å². The van der Waals surface area contributed by atoms with Crippen LogP contribution in [-0.4, -0.2) is 0 Å². The van der Waals surface area contributed by atoms with Crippen molar-refractivity contribution >= 4 is 0 Å². The molecule has 0 aliphatic carbocycles. The van der Waals surface area contributed by atoms with Crippen molar-refractivity contribution in [3.63, 3.8) is 0 Å². The van der Waals surface area contributed by atoms with Crippen molar-refractivity contribution < 1.29 is 98.1 Å². The molecule has 13 heavy (non-hydrogen) atoms. The van der Waals surface area contributed by atoms with Crippen molar-refractivity contribution in [2.75, 3.05) is 0 Å². The second-order valence-corrected chi connectivity index (χ2v) is 2.74. The van der Waals surface area contributed by atoms with Gasteiger partial charge in [-0.15, -0.1) is 0 Å². The maximum Gasteiger partial charge on any atom is 0 e. The van der Waals surface area contributed by atoms with E-state index in [1.165, 1.54) is 5.56 Å². The Kier molecular flexibility index (Phi) is 19.9. The van der Waals surface area contributed by atoms with Gasteiger partial charge in [-0.1, -0.05) is 19.8 Å². The Hall–Kier alpha value is 2.40. The van der Waals surface area contributed by atoms with Crippen molar-refractivity contribution in [1.82, 2.24) is 0 Å². The minimum atomic E-state index is 0. The summed E-state index contributed by atoms with van der Waals surface area (Å²) in [5, 5.41) is 0. The molecule has 3 heteroatoms. The molecule has 0 unspecified atom stereocenters. The van der Waals surface area contributed by atoms with Gasteiger partial charge in [-0.25, -0.2) is 0 Å². The number of rotatable bonds is 2. The van der Waals surface area contributed by atoms with Crippen LogP contribution < -0.4 is 0 Å². The van der Waals surface area contributed by atoms with E-state index in [0.29, 0.717) is 5.92 Å². The second kappa shape index (κ2) is 12.5. The van der Waals surface area contributed by atoms with Gasteiger partial charge in [0.1, 0.15) is 0 Å². The summed E-state index contributed by atoms with van der Waals surface area (Å²) in [5.41, 5.74) is 1.29. The van der Waals surface area contributed by atoms with Gasteiger partial charge in [-0.05, 0) is 0 Å². The van der Waals surface area contributed by atoms with Gasteiger partial charge >= 0.3 is 0 Å². The van der Waals surface area contributed by atoms with Gasteiger partial charge in [0.15, 0.2) is 0 Å². The van der Waals surface area contributed by atoms with Gasteiger partial charge in [-0.3, -0.25) is 0 Å². The fraction of sp³-hybridized carbons (Fsp3) is 0.300. The Morgan fingerprint density at radius 3 is 1.92 bits per heavy atom. The van der Waals surface area contributed by atoms with Gasteiger partial charge in [0.25, 0.3) is 0 Å². The SMILES string of the molecule is CC(C)[CH-]c1cc[c-]cc1.[Y].[Y].[Y]. The molecule has 0 fully saturated rings. The first-order valence-electron chi connectivity index (χ1n) is 3.60. The van der Waals surface area contributed by atoms with Gasteiger partial charge in [0.05, 0.1) is 0 Å². The summed E-state index contributed by atoms with van der Waals surface area (Å²) in [5.74, 6) is 0.627. The molecule has 1 aromatic carbocycles. The Labute approximate surface area is 157 Å². The molecular weight excluding hydrogens is 387 g/mol. The predicted molar refractivity (Wildman–Crippen MR) is 43.5 cm³/mol. The first kappa shape index (κ1) is 20.8. The fourth-order valence-corrected chi connectivity index (χ4v) is 0.896. The van der Waals surface area contributed by atoms with Crippen LogP contribution in [0.4, 0.5) is 0 Å². The summed E-state index contributed by atoms with van der Waals surface area (Å²) >= 11 is 0. The molecule has 0 N–H and O–H groups in total. The smallest absolute Gasteiger partial charge is 0 e. The summed E-state index contributed by atoms with van der Waals surface area (Å²) in [6, 6.07) is 11.0. The van der Waals surface area contributed by atoms with Crippen LogP contribution in [-0.2, 0) is 98.1 Å². The largest absolute Gasteiger partial charge is 0.194 e. The van der Waals surface area contributed by atoms with E-state index in [2.05, 4.69) is 38.5 Å². The molecule has 63 valence electrons. The van der Waals surface area contributed by atoms with E-state index >= 15 is 0 Å². The second-order valence-electron chi connectivity index (χ2n) is 2.74. The topological polar surface area (TPSA) is 0 Å². The van der Waals surface area contributed by atoms with Crippen molar-refractivity contribution in [3.8, 4) is 0 Å². The molecule has 0 saturated heterocycles. The summed E-state index contributed by atoms with van der Waals surface area (Å²) in [6.07, 6.45) is 2.23. The van der Waals surface area contributed by atoms with Gasteiger partial charge in [-0.2, -0.15) is 42.3 Å². The van der Waals surface area contributed by atoms with Crippen molar-refractivity contribution in [3.05, 3.63) is 42.3 Å². The maximum atomic E-state index is 2.99. The molecule has 0 aromatic heterocycles. The molecular formula is C10H12Y3-2. The molecule has 3 radical (unpaired) electrons. The Morgan fingerprint density at radius 2 is 1.54 bits per heavy atom. The van der Waals surface area contributed by atoms with Crippen LogP contribution in [0.1, 0.15) is 19.4 Å². The van der Waals surface area contributed by atoms with Crippen molar-refractivity contribution in [1.29, 1.82) is 0 Å². The summed E-state index contributed by atoms with van der Waals surface area (Å²) in [6.45, 7) is 4.35. The monoisotopic (exact) mass is 399 g/mol. The maximum absolute atomic E-state index is 2.99. The minimum absolute atomic E-state index is 0. The van der Waals surface area contributed by atoms with Crippen LogP contribution in [0.25, 0.3) is 0 Å². The molecule has 0 bridgehead atoms. The molecule has 0 saturated carbocycles. The average Bonchev–Trinajstić information content (AvgIpc) is 1.88. The first-order chi connectivity index (χ1) is 4.79. The van der Waals surface area contributed by atoms with Crippen LogP contribution in [0.15, 0.2) is 24.3 Å². The third-order valence-corrected chi connectivity index (χ3v) is 1.27. The zero-order valence-corrected chi connectivity index (χ0v) is 16.7. The van der Waals surface area contributed by atoms with Crippen LogP contribution in [0, 0.1) is 18.4 Å². The molecule has 1 rings (SSSR count). The fourth-order valence-electron chi connectivity index (χ4n) is 0.896. The van der Waals surface area contributed by atoms with E-state index in [9.17, 15) is 0 Å². The molecule has 0 aliphatic rings. The predicted octanol–water partition coefficient (Wildman–Crippen LogP) is 2.69. The van der Waals surface area contributed by atoms with E-state index in [-0.39, 0.29) is 98.1 Å². The van der Waals surface area contributed by atoms with E-state index in [0.717, 1.165) is 0 Å². The zero-order valence-electron chi connectivity index (χ0n) is 8.20. The van der Waals surface area contributed by atoms with Crippen molar-refractivity contribution in [2.45, 2.75) is 13.8 Å². The summed E-state index contributed by atoms with van der Waals surface area (Å²) < 4.78 is 0. The standard InChI is InChI=1S/C10H12.3Y/c1-9(2)8-10-6-4-3-5-7-10;;;/h4-9H,1-2H3;;;/q-2;;;. The third kappa shape index (κ3) is 10.7. The normalized spacial score (nSPS) is 7.62. The first-order valence-corrected chi connectivity index (χ1v) is 3.60. The molecule has 0 spiro atoms. The van der Waals surface area contributed by atoms with E-state index < -0.39 is 0 Å². The molecule has 0 aliphatic heterocycles. The number of hydrogen-bond donors (Lipinski definition) is 0. The quantitative estimate of drug-likeness (QED) is 0.672. The molecule has 0 nitrogen and oxygen atoms in total. The minimum Gasteiger partial charge on any atom is -0.194 e.